The molecule has 1 amide bonds. The van der Waals surface area contributed by atoms with E-state index >= 15 is 0 Å². The molecule has 0 aliphatic carbocycles. The number of rotatable bonds is 9. The maximum Gasteiger partial charge on any atom is 0.227 e. The zero-order valence-electron chi connectivity index (χ0n) is 13.7. The lowest BCUT2D eigenvalue weighted by Crippen LogP contribution is -2.33. The summed E-state index contributed by atoms with van der Waals surface area (Å²) in [6.45, 7) is 4.01. The van der Waals surface area contributed by atoms with E-state index in [1.807, 2.05) is 32.0 Å². The van der Waals surface area contributed by atoms with E-state index in [2.05, 4.69) is 5.32 Å². The lowest BCUT2D eigenvalue weighted by atomic mass is 9.89. The molecular weight excluding hydrogens is 298 g/mol. The number of aliphatic hydroxyl groups is 1. The van der Waals surface area contributed by atoms with Gasteiger partial charge in [0, 0.05) is 28.5 Å². The van der Waals surface area contributed by atoms with Crippen LogP contribution in [0.5, 0.6) is 0 Å². The van der Waals surface area contributed by atoms with Crippen molar-refractivity contribution in [2.45, 2.75) is 57.3 Å². The molecule has 0 aliphatic rings. The van der Waals surface area contributed by atoms with Crippen LogP contribution in [0, 0.1) is 0 Å². The van der Waals surface area contributed by atoms with Gasteiger partial charge in [-0.1, -0.05) is 38.8 Å². The monoisotopic (exact) mass is 325 g/mol. The Balaban J connectivity index is 2.69. The Morgan fingerprint density at radius 3 is 2.45 bits per heavy atom. The van der Waals surface area contributed by atoms with E-state index in [0.29, 0.717) is 24.3 Å². The van der Waals surface area contributed by atoms with Gasteiger partial charge >= 0.3 is 0 Å². The highest BCUT2D eigenvalue weighted by molar-refractivity contribution is 7.83. The summed E-state index contributed by atoms with van der Waals surface area (Å²) in [5, 5.41) is 13.4. The van der Waals surface area contributed by atoms with Crippen molar-refractivity contribution >= 4 is 22.4 Å². The van der Waals surface area contributed by atoms with Crippen molar-refractivity contribution in [3.63, 3.8) is 0 Å². The molecule has 1 unspecified atom stereocenters. The number of hydrogen-bond donors (Lipinski definition) is 2. The number of carbonyl (C=O) groups excluding carboxylic acids is 1. The van der Waals surface area contributed by atoms with Gasteiger partial charge in [0.15, 0.2) is 0 Å². The standard InChI is InChI=1S/C17H27NO3S/c1-4-9-17(20,10-5-2)12-16(19)18-15-8-6-7-14(11-15)13-22(3)21/h6-8,11,20H,4-5,9-10,12-13H2,1-3H3,(H,18,19). The molecular formula is C17H27NO3S. The Bertz CT molecular complexity index is 510. The van der Waals surface area contributed by atoms with Crippen molar-refractivity contribution in [3.8, 4) is 0 Å². The normalized spacial score (nSPS) is 12.9. The second-order valence-electron chi connectivity index (χ2n) is 5.87. The van der Waals surface area contributed by atoms with E-state index in [9.17, 15) is 14.1 Å². The minimum absolute atomic E-state index is 0.110. The lowest BCUT2D eigenvalue weighted by molar-refractivity contribution is -0.121. The minimum Gasteiger partial charge on any atom is -0.389 e. The molecule has 0 bridgehead atoms. The van der Waals surface area contributed by atoms with Gasteiger partial charge in [0.2, 0.25) is 5.91 Å². The third-order valence-corrected chi connectivity index (χ3v) is 4.24. The molecule has 1 aromatic carbocycles. The second-order valence-corrected chi connectivity index (χ2v) is 7.30. The molecule has 0 radical (unpaired) electrons. The first-order valence-corrected chi connectivity index (χ1v) is 9.52. The van der Waals surface area contributed by atoms with E-state index in [1.165, 1.54) is 0 Å². The minimum atomic E-state index is -0.921. The molecule has 124 valence electrons. The van der Waals surface area contributed by atoms with E-state index in [0.717, 1.165) is 18.4 Å². The van der Waals surface area contributed by atoms with Crippen molar-refractivity contribution < 1.29 is 14.1 Å². The molecule has 0 saturated heterocycles. The topological polar surface area (TPSA) is 66.4 Å². The van der Waals surface area contributed by atoms with Crippen LogP contribution in [-0.2, 0) is 21.3 Å². The maximum atomic E-state index is 12.2. The summed E-state index contributed by atoms with van der Waals surface area (Å²) < 4.78 is 11.3. The van der Waals surface area contributed by atoms with E-state index in [4.69, 9.17) is 0 Å². The van der Waals surface area contributed by atoms with E-state index < -0.39 is 16.4 Å². The second kappa shape index (κ2) is 9.06. The van der Waals surface area contributed by atoms with Crippen LogP contribution in [0.15, 0.2) is 24.3 Å². The molecule has 5 heteroatoms. The molecule has 0 aliphatic heterocycles. The summed E-state index contributed by atoms with van der Waals surface area (Å²) in [6.07, 6.45) is 4.72. The van der Waals surface area contributed by atoms with Crippen molar-refractivity contribution in [2.24, 2.45) is 0 Å². The summed E-state index contributed by atoms with van der Waals surface area (Å²) in [4.78, 5) is 12.2. The molecule has 0 aromatic heterocycles. The summed E-state index contributed by atoms with van der Waals surface area (Å²) in [5.74, 6) is 0.290. The van der Waals surface area contributed by atoms with Crippen LogP contribution < -0.4 is 5.32 Å². The number of benzene rings is 1. The first kappa shape index (κ1) is 18.8. The maximum absolute atomic E-state index is 12.2. The Hall–Kier alpha value is -1.20. The van der Waals surface area contributed by atoms with E-state index in [1.54, 1.807) is 12.3 Å². The number of hydrogen-bond acceptors (Lipinski definition) is 3. The van der Waals surface area contributed by atoms with Gasteiger partial charge in [-0.3, -0.25) is 9.00 Å². The van der Waals surface area contributed by atoms with Gasteiger partial charge in [-0.25, -0.2) is 0 Å². The van der Waals surface area contributed by atoms with Crippen LogP contribution in [0.1, 0.15) is 51.5 Å². The summed E-state index contributed by atoms with van der Waals surface area (Å²) in [5.41, 5.74) is 0.690. The molecule has 2 N–H and O–H groups in total. The highest BCUT2D eigenvalue weighted by atomic mass is 32.2. The van der Waals surface area contributed by atoms with Crippen LogP contribution >= 0.6 is 0 Å². The quantitative estimate of drug-likeness (QED) is 0.732. The van der Waals surface area contributed by atoms with Crippen LogP contribution in [0.4, 0.5) is 5.69 Å². The fourth-order valence-corrected chi connectivity index (χ4v) is 3.36. The van der Waals surface area contributed by atoms with Gasteiger partial charge in [-0.2, -0.15) is 0 Å². The predicted octanol–water partition coefficient (Wildman–Crippen LogP) is 3.23. The highest BCUT2D eigenvalue weighted by Crippen LogP contribution is 2.24. The Labute approximate surface area is 135 Å². The van der Waals surface area contributed by atoms with Gasteiger partial charge in [-0.15, -0.1) is 0 Å². The zero-order chi connectivity index (χ0) is 16.6. The summed E-state index contributed by atoms with van der Waals surface area (Å²) >= 11 is 0. The van der Waals surface area contributed by atoms with Gasteiger partial charge in [0.05, 0.1) is 12.0 Å². The van der Waals surface area contributed by atoms with Gasteiger partial charge in [0.25, 0.3) is 0 Å². The highest BCUT2D eigenvalue weighted by Gasteiger charge is 2.28. The first-order valence-electron chi connectivity index (χ1n) is 7.79. The molecule has 22 heavy (non-hydrogen) atoms. The van der Waals surface area contributed by atoms with E-state index in [-0.39, 0.29) is 12.3 Å². The third kappa shape index (κ3) is 6.71. The zero-order valence-corrected chi connectivity index (χ0v) is 14.5. The van der Waals surface area contributed by atoms with Gasteiger partial charge < -0.3 is 10.4 Å². The number of anilines is 1. The molecule has 0 spiro atoms. The molecule has 0 saturated carbocycles. The van der Waals surface area contributed by atoms with Gasteiger partial charge in [-0.05, 0) is 30.5 Å². The third-order valence-electron chi connectivity index (χ3n) is 3.50. The molecule has 1 atom stereocenters. The number of nitrogens with one attached hydrogen (secondary N) is 1. The van der Waals surface area contributed by atoms with Crippen LogP contribution in [0.3, 0.4) is 0 Å². The SMILES string of the molecule is CCCC(O)(CCC)CC(=O)Nc1cccc(CS(C)=O)c1. The fourth-order valence-electron chi connectivity index (χ4n) is 2.71. The first-order chi connectivity index (χ1) is 10.4. The predicted molar refractivity (Wildman–Crippen MR) is 92.2 cm³/mol. The lowest BCUT2D eigenvalue weighted by Gasteiger charge is -2.26. The van der Waals surface area contributed by atoms with Crippen molar-refractivity contribution in [3.05, 3.63) is 29.8 Å². The summed E-state index contributed by atoms with van der Waals surface area (Å²) in [7, 11) is -0.911. The van der Waals surface area contributed by atoms with Crippen LogP contribution in [0.25, 0.3) is 0 Å². The molecule has 0 heterocycles. The number of carbonyl (C=O) groups is 1. The number of amides is 1. The average Bonchev–Trinajstić information content (AvgIpc) is 2.37. The summed E-state index contributed by atoms with van der Waals surface area (Å²) in [6, 6.07) is 7.36. The van der Waals surface area contributed by atoms with Gasteiger partial charge in [0.1, 0.15) is 0 Å². The molecule has 1 aromatic rings. The van der Waals surface area contributed by atoms with Crippen LogP contribution in [-0.4, -0.2) is 27.1 Å². The Kier molecular flexibility index (Phi) is 7.76. The molecule has 4 nitrogen and oxygen atoms in total. The Morgan fingerprint density at radius 2 is 1.91 bits per heavy atom. The van der Waals surface area contributed by atoms with Crippen molar-refractivity contribution in [1.82, 2.24) is 0 Å². The fraction of sp³-hybridized carbons (Fsp3) is 0.588. The molecule has 0 fully saturated rings. The van der Waals surface area contributed by atoms with Crippen molar-refractivity contribution in [2.75, 3.05) is 11.6 Å². The molecule has 1 rings (SSSR count). The average molecular weight is 325 g/mol. The largest absolute Gasteiger partial charge is 0.389 e. The smallest absolute Gasteiger partial charge is 0.227 e. The van der Waals surface area contributed by atoms with Crippen molar-refractivity contribution in [1.29, 1.82) is 0 Å². The van der Waals surface area contributed by atoms with Crippen LogP contribution in [0.2, 0.25) is 0 Å². The Morgan fingerprint density at radius 1 is 1.27 bits per heavy atom.